The fourth-order valence-electron chi connectivity index (χ4n) is 2.32. The first-order valence-corrected chi connectivity index (χ1v) is 9.06. The van der Waals surface area contributed by atoms with Gasteiger partial charge in [-0.2, -0.15) is 0 Å². The van der Waals surface area contributed by atoms with Crippen molar-refractivity contribution >= 4 is 21.6 Å². The molecule has 0 atom stereocenters. The van der Waals surface area contributed by atoms with E-state index < -0.39 is 10.0 Å². The van der Waals surface area contributed by atoms with E-state index in [1.807, 2.05) is 0 Å². The van der Waals surface area contributed by atoms with Crippen molar-refractivity contribution in [2.45, 2.75) is 37.2 Å². The summed E-state index contributed by atoms with van der Waals surface area (Å²) in [7, 11) is -3.51. The van der Waals surface area contributed by atoms with Crippen LogP contribution in [-0.4, -0.2) is 39.0 Å². The van der Waals surface area contributed by atoms with Crippen LogP contribution in [0.5, 0.6) is 0 Å². The van der Waals surface area contributed by atoms with Gasteiger partial charge in [-0.05, 0) is 43.1 Å². The number of nitrogens with one attached hydrogen (secondary N) is 1. The smallest absolute Gasteiger partial charge is 0.240 e. The molecule has 0 heterocycles. The number of hydrogen-bond acceptors (Lipinski definition) is 4. The highest BCUT2D eigenvalue weighted by Gasteiger charge is 2.27. The molecule has 5 nitrogen and oxygen atoms in total. The molecular formula is C14H22ClN3O2S. The Bertz CT molecular complexity index is 588. The second-order valence-electron chi connectivity index (χ2n) is 5.21. The summed E-state index contributed by atoms with van der Waals surface area (Å²) in [6, 6.07) is 5.24. The molecule has 1 fully saturated rings. The topological polar surface area (TPSA) is 75.4 Å². The van der Waals surface area contributed by atoms with E-state index >= 15 is 0 Å². The zero-order chi connectivity index (χ0) is 15.5. The van der Waals surface area contributed by atoms with Gasteiger partial charge in [-0.3, -0.25) is 4.90 Å². The molecular weight excluding hydrogens is 310 g/mol. The minimum atomic E-state index is -3.51. The maximum atomic E-state index is 12.3. The van der Waals surface area contributed by atoms with E-state index in [9.17, 15) is 8.42 Å². The molecule has 0 aliphatic heterocycles. The Morgan fingerprint density at radius 1 is 1.43 bits per heavy atom. The summed E-state index contributed by atoms with van der Waals surface area (Å²) in [5.74, 6) is 0. The van der Waals surface area contributed by atoms with Crippen LogP contribution in [0, 0.1) is 0 Å². The average molecular weight is 332 g/mol. The highest BCUT2D eigenvalue weighted by molar-refractivity contribution is 7.89. The van der Waals surface area contributed by atoms with E-state index in [-0.39, 0.29) is 11.4 Å². The summed E-state index contributed by atoms with van der Waals surface area (Å²) >= 11 is 5.95. The van der Waals surface area contributed by atoms with Crippen LogP contribution < -0.4 is 10.5 Å². The van der Waals surface area contributed by atoms with Gasteiger partial charge in [0.1, 0.15) is 0 Å². The van der Waals surface area contributed by atoms with E-state index in [1.54, 1.807) is 6.07 Å². The van der Waals surface area contributed by atoms with Gasteiger partial charge in [-0.15, -0.1) is 0 Å². The first-order valence-electron chi connectivity index (χ1n) is 7.20. The number of halogens is 1. The monoisotopic (exact) mass is 331 g/mol. The maximum Gasteiger partial charge on any atom is 0.240 e. The lowest BCUT2D eigenvalue weighted by molar-refractivity contribution is 0.282. The summed E-state index contributed by atoms with van der Waals surface area (Å²) in [5, 5.41) is 0.488. The molecule has 21 heavy (non-hydrogen) atoms. The van der Waals surface area contributed by atoms with Crippen LogP contribution in [0.15, 0.2) is 23.1 Å². The summed E-state index contributed by atoms with van der Waals surface area (Å²) in [6.07, 6.45) is 2.44. The molecule has 118 valence electrons. The van der Waals surface area contributed by atoms with Gasteiger partial charge in [-0.25, -0.2) is 13.1 Å². The molecule has 1 aliphatic rings. The molecule has 0 spiro atoms. The second kappa shape index (κ2) is 7.07. The Morgan fingerprint density at radius 3 is 2.71 bits per heavy atom. The lowest BCUT2D eigenvalue weighted by atomic mass is 10.2. The van der Waals surface area contributed by atoms with E-state index in [0.717, 1.165) is 13.1 Å². The van der Waals surface area contributed by atoms with Gasteiger partial charge in [0.05, 0.1) is 4.90 Å². The Balaban J connectivity index is 1.97. The number of nitrogens with two attached hydrogens (primary N) is 1. The second-order valence-corrected chi connectivity index (χ2v) is 7.39. The van der Waals surface area contributed by atoms with Crippen LogP contribution in [0.3, 0.4) is 0 Å². The summed E-state index contributed by atoms with van der Waals surface area (Å²) in [4.78, 5) is 2.51. The molecule has 7 heteroatoms. The summed E-state index contributed by atoms with van der Waals surface area (Å²) in [6.45, 7) is 4.41. The predicted molar refractivity (Wildman–Crippen MR) is 84.8 cm³/mol. The number of rotatable bonds is 8. The number of sulfonamides is 1. The van der Waals surface area contributed by atoms with Gasteiger partial charge in [0.2, 0.25) is 10.0 Å². The summed E-state index contributed by atoms with van der Waals surface area (Å²) in [5.41, 5.74) is 6.19. The van der Waals surface area contributed by atoms with Crippen molar-refractivity contribution in [1.29, 1.82) is 0 Å². The fraction of sp³-hybridized carbons (Fsp3) is 0.571. The highest BCUT2D eigenvalue weighted by Crippen LogP contribution is 2.26. The van der Waals surface area contributed by atoms with Gasteiger partial charge < -0.3 is 5.73 Å². The van der Waals surface area contributed by atoms with Crippen LogP contribution in [0.1, 0.15) is 25.3 Å². The normalized spacial score (nSPS) is 15.6. The van der Waals surface area contributed by atoms with Crippen molar-refractivity contribution in [3.8, 4) is 0 Å². The van der Waals surface area contributed by atoms with Crippen LogP contribution in [0.4, 0.5) is 0 Å². The molecule has 0 bridgehead atoms. The summed E-state index contributed by atoms with van der Waals surface area (Å²) < 4.78 is 27.1. The molecule has 3 N–H and O–H groups in total. The molecule has 0 saturated heterocycles. The SMILES string of the molecule is CCN(CCNS(=O)(=O)c1ccc(Cl)c(CN)c1)C1CC1. The van der Waals surface area contributed by atoms with Crippen molar-refractivity contribution in [2.24, 2.45) is 5.73 Å². The Hall–Kier alpha value is -0.660. The Labute approximate surface area is 131 Å². The Morgan fingerprint density at radius 2 is 2.14 bits per heavy atom. The van der Waals surface area contributed by atoms with E-state index in [1.165, 1.54) is 25.0 Å². The van der Waals surface area contributed by atoms with Crippen molar-refractivity contribution in [3.05, 3.63) is 28.8 Å². The largest absolute Gasteiger partial charge is 0.326 e. The average Bonchev–Trinajstić information content (AvgIpc) is 3.28. The van der Waals surface area contributed by atoms with Crippen molar-refractivity contribution in [3.63, 3.8) is 0 Å². The standard InChI is InChI=1S/C14H22ClN3O2S/c1-2-18(12-3-4-12)8-7-17-21(19,20)13-5-6-14(15)11(9-13)10-16/h5-6,9,12,17H,2-4,7-8,10,16H2,1H3. The molecule has 1 aromatic rings. The van der Waals surface area contributed by atoms with Gasteiger partial charge in [0.15, 0.2) is 0 Å². The maximum absolute atomic E-state index is 12.3. The van der Waals surface area contributed by atoms with Gasteiger partial charge >= 0.3 is 0 Å². The highest BCUT2D eigenvalue weighted by atomic mass is 35.5. The quantitative estimate of drug-likeness (QED) is 0.758. The lowest BCUT2D eigenvalue weighted by Gasteiger charge is -2.19. The van der Waals surface area contributed by atoms with Gasteiger partial charge in [0, 0.05) is 30.7 Å². The lowest BCUT2D eigenvalue weighted by Crippen LogP contribution is -2.36. The molecule has 1 aliphatic carbocycles. The van der Waals surface area contributed by atoms with E-state index in [4.69, 9.17) is 17.3 Å². The molecule has 1 aromatic carbocycles. The van der Waals surface area contributed by atoms with Gasteiger partial charge in [0.25, 0.3) is 0 Å². The predicted octanol–water partition coefficient (Wildman–Crippen LogP) is 1.56. The fourth-order valence-corrected chi connectivity index (χ4v) is 3.59. The van der Waals surface area contributed by atoms with E-state index in [0.29, 0.717) is 23.2 Å². The first-order chi connectivity index (χ1) is 9.97. The minimum absolute atomic E-state index is 0.210. The Kier molecular flexibility index (Phi) is 5.62. The molecule has 0 aromatic heterocycles. The third-order valence-electron chi connectivity index (χ3n) is 3.71. The van der Waals surface area contributed by atoms with Crippen molar-refractivity contribution in [2.75, 3.05) is 19.6 Å². The van der Waals surface area contributed by atoms with Crippen LogP contribution >= 0.6 is 11.6 Å². The third-order valence-corrected chi connectivity index (χ3v) is 5.54. The zero-order valence-electron chi connectivity index (χ0n) is 12.2. The van der Waals surface area contributed by atoms with Gasteiger partial charge in [-0.1, -0.05) is 18.5 Å². The molecule has 1 saturated carbocycles. The molecule has 0 amide bonds. The van der Waals surface area contributed by atoms with Crippen molar-refractivity contribution < 1.29 is 8.42 Å². The number of likely N-dealkylation sites (N-methyl/N-ethyl adjacent to an activating group) is 1. The first kappa shape index (κ1) is 16.7. The number of nitrogens with zero attached hydrogens (tertiary/aromatic N) is 1. The number of benzene rings is 1. The van der Waals surface area contributed by atoms with E-state index in [2.05, 4.69) is 16.5 Å². The third kappa shape index (κ3) is 4.40. The van der Waals surface area contributed by atoms with Crippen LogP contribution in [0.25, 0.3) is 0 Å². The van der Waals surface area contributed by atoms with Crippen LogP contribution in [-0.2, 0) is 16.6 Å². The molecule has 0 unspecified atom stereocenters. The molecule has 2 rings (SSSR count). The van der Waals surface area contributed by atoms with Crippen molar-refractivity contribution in [1.82, 2.24) is 9.62 Å². The minimum Gasteiger partial charge on any atom is -0.326 e. The van der Waals surface area contributed by atoms with Crippen LogP contribution in [0.2, 0.25) is 5.02 Å². The zero-order valence-corrected chi connectivity index (χ0v) is 13.8. The number of hydrogen-bond donors (Lipinski definition) is 2. The molecule has 0 radical (unpaired) electrons.